The molecule has 0 spiro atoms. The van der Waals surface area contributed by atoms with Gasteiger partial charge in [-0.2, -0.15) is 0 Å². The summed E-state index contributed by atoms with van der Waals surface area (Å²) in [5.74, 6) is 0. The van der Waals surface area contributed by atoms with Crippen molar-refractivity contribution < 1.29 is 4.42 Å². The van der Waals surface area contributed by atoms with Gasteiger partial charge < -0.3 is 4.42 Å². The second-order valence-electron chi connectivity index (χ2n) is 14.0. The molecule has 0 N–H and O–H groups in total. The van der Waals surface area contributed by atoms with Crippen LogP contribution >= 0.6 is 0 Å². The van der Waals surface area contributed by atoms with Crippen molar-refractivity contribution in [3.05, 3.63) is 175 Å². The van der Waals surface area contributed by atoms with E-state index in [4.69, 9.17) is 4.42 Å². The third-order valence-corrected chi connectivity index (χ3v) is 10.9. The van der Waals surface area contributed by atoms with Gasteiger partial charge in [-0.15, -0.1) is 0 Å². The van der Waals surface area contributed by atoms with Crippen LogP contribution in [0.1, 0.15) is 30.5 Å². The predicted molar refractivity (Wildman–Crippen MR) is 214 cm³/mol. The van der Waals surface area contributed by atoms with Gasteiger partial charge in [-0.25, -0.2) is 0 Å². The summed E-state index contributed by atoms with van der Waals surface area (Å²) in [5.41, 5.74) is 13.0. The van der Waals surface area contributed by atoms with Crippen LogP contribution in [0.4, 0.5) is 0 Å². The van der Waals surface area contributed by atoms with Crippen LogP contribution < -0.4 is 0 Å². The molecule has 0 atom stereocenters. The Balaban J connectivity index is 1.26. The van der Waals surface area contributed by atoms with Gasteiger partial charge in [0.15, 0.2) is 0 Å². The first kappa shape index (κ1) is 28.8. The summed E-state index contributed by atoms with van der Waals surface area (Å²) in [6.45, 7) is 8.63. The third-order valence-electron chi connectivity index (χ3n) is 10.9. The molecule has 9 aromatic rings. The number of benzene rings is 8. The average molecular weight is 639 g/mol. The Kier molecular flexibility index (Phi) is 6.14. The van der Waals surface area contributed by atoms with Crippen molar-refractivity contribution in [3.8, 4) is 33.4 Å². The van der Waals surface area contributed by atoms with E-state index in [1.165, 1.54) is 87.6 Å². The fraction of sp³-hybridized carbons (Fsp3) is 0.0612. The molecule has 1 heteroatoms. The van der Waals surface area contributed by atoms with E-state index in [0.29, 0.717) is 0 Å². The molecule has 1 nitrogen and oxygen atoms in total. The largest absolute Gasteiger partial charge is 0.455 e. The molecule has 0 saturated heterocycles. The van der Waals surface area contributed by atoms with Crippen LogP contribution in [0, 0.1) is 0 Å². The van der Waals surface area contributed by atoms with Gasteiger partial charge in [-0.1, -0.05) is 160 Å². The van der Waals surface area contributed by atoms with Crippen LogP contribution in [0.15, 0.2) is 163 Å². The molecule has 1 heterocycles. The Morgan fingerprint density at radius 2 is 1.12 bits per heavy atom. The highest BCUT2D eigenvalue weighted by Crippen LogP contribution is 2.57. The van der Waals surface area contributed by atoms with Gasteiger partial charge in [0.05, 0.1) is 0 Å². The molecule has 0 amide bonds. The summed E-state index contributed by atoms with van der Waals surface area (Å²) in [4.78, 5) is 0. The van der Waals surface area contributed by atoms with E-state index in [9.17, 15) is 0 Å². The van der Waals surface area contributed by atoms with E-state index in [0.717, 1.165) is 16.7 Å². The fourth-order valence-electron chi connectivity index (χ4n) is 8.86. The topological polar surface area (TPSA) is 13.1 Å². The number of fused-ring (bicyclic) bond motifs is 12. The first-order chi connectivity index (χ1) is 24.5. The zero-order valence-electron chi connectivity index (χ0n) is 28.1. The van der Waals surface area contributed by atoms with Gasteiger partial charge in [0.1, 0.15) is 11.2 Å². The van der Waals surface area contributed by atoms with Crippen LogP contribution in [-0.2, 0) is 5.41 Å². The van der Waals surface area contributed by atoms with Crippen LogP contribution in [0.2, 0.25) is 0 Å². The molecule has 0 saturated carbocycles. The van der Waals surface area contributed by atoms with Crippen molar-refractivity contribution in [1.29, 1.82) is 0 Å². The van der Waals surface area contributed by atoms with Crippen molar-refractivity contribution >= 4 is 60.3 Å². The van der Waals surface area contributed by atoms with Crippen molar-refractivity contribution in [2.75, 3.05) is 0 Å². The lowest BCUT2D eigenvalue weighted by Gasteiger charge is -2.24. The Morgan fingerprint density at radius 1 is 0.540 bits per heavy atom. The number of rotatable bonds is 4. The highest BCUT2D eigenvalue weighted by molar-refractivity contribution is 6.26. The lowest BCUT2D eigenvalue weighted by Crippen LogP contribution is -2.15. The summed E-state index contributed by atoms with van der Waals surface area (Å²) in [5, 5.41) is 9.95. The smallest absolute Gasteiger partial charge is 0.144 e. The summed E-state index contributed by atoms with van der Waals surface area (Å²) < 4.78 is 6.76. The lowest BCUT2D eigenvalue weighted by molar-refractivity contribution is 0.658. The molecule has 1 aromatic heterocycles. The average Bonchev–Trinajstić information content (AvgIpc) is 3.65. The van der Waals surface area contributed by atoms with Crippen LogP contribution in [-0.4, -0.2) is 0 Å². The van der Waals surface area contributed by atoms with E-state index < -0.39 is 0 Å². The number of allylic oxidation sites excluding steroid dienone is 2. The first-order valence-corrected chi connectivity index (χ1v) is 17.4. The normalized spacial score (nSPS) is 13.6. The quantitative estimate of drug-likeness (QED) is 0.138. The lowest BCUT2D eigenvalue weighted by atomic mass is 9.78. The summed E-state index contributed by atoms with van der Waals surface area (Å²) >= 11 is 0. The molecule has 0 unspecified atom stereocenters. The molecule has 10 rings (SSSR count). The van der Waals surface area contributed by atoms with E-state index in [-0.39, 0.29) is 5.41 Å². The molecular formula is C49H34O. The molecule has 1 aliphatic carbocycles. The minimum atomic E-state index is -0.238. The molecule has 0 radical (unpaired) electrons. The van der Waals surface area contributed by atoms with Gasteiger partial charge in [-0.05, 0) is 95.0 Å². The van der Waals surface area contributed by atoms with Gasteiger partial charge in [0, 0.05) is 21.8 Å². The second-order valence-corrected chi connectivity index (χ2v) is 14.0. The van der Waals surface area contributed by atoms with E-state index in [1.807, 2.05) is 12.2 Å². The van der Waals surface area contributed by atoms with Gasteiger partial charge in [0.2, 0.25) is 0 Å². The van der Waals surface area contributed by atoms with Gasteiger partial charge in [0.25, 0.3) is 0 Å². The van der Waals surface area contributed by atoms with E-state index in [2.05, 4.69) is 166 Å². The minimum Gasteiger partial charge on any atom is -0.455 e. The van der Waals surface area contributed by atoms with E-state index in [1.54, 1.807) is 0 Å². The number of furan rings is 1. The maximum atomic E-state index is 6.76. The maximum Gasteiger partial charge on any atom is 0.144 e. The molecular weight excluding hydrogens is 605 g/mol. The summed E-state index contributed by atoms with van der Waals surface area (Å²) in [7, 11) is 0. The molecule has 1 aliphatic rings. The number of para-hydroxylation sites is 1. The SMILES string of the molecule is C=C/C=C\c1cccc(-c2c3ccccc3c(-c3ccc4c(c3)C(C)(C)c3c-4c4oc5ccccc5c4c4ccccc34)c3ccccc23)c1. The molecule has 8 aromatic carbocycles. The fourth-order valence-corrected chi connectivity index (χ4v) is 8.86. The third kappa shape index (κ3) is 3.95. The highest BCUT2D eigenvalue weighted by Gasteiger charge is 2.40. The van der Waals surface area contributed by atoms with Crippen molar-refractivity contribution in [2.45, 2.75) is 19.3 Å². The number of hydrogen-bond acceptors (Lipinski definition) is 1. The monoisotopic (exact) mass is 638 g/mol. The molecule has 50 heavy (non-hydrogen) atoms. The van der Waals surface area contributed by atoms with Crippen LogP contribution in [0.3, 0.4) is 0 Å². The Hall–Kier alpha value is -6.18. The maximum absolute atomic E-state index is 6.76. The van der Waals surface area contributed by atoms with Gasteiger partial charge >= 0.3 is 0 Å². The Bertz CT molecular complexity index is 2860. The number of hydrogen-bond donors (Lipinski definition) is 0. The second kappa shape index (κ2) is 10.7. The molecule has 0 bridgehead atoms. The molecule has 0 aliphatic heterocycles. The zero-order chi connectivity index (χ0) is 33.6. The Morgan fingerprint density at radius 3 is 1.78 bits per heavy atom. The van der Waals surface area contributed by atoms with Crippen LogP contribution in [0.25, 0.3) is 93.7 Å². The van der Waals surface area contributed by atoms with E-state index >= 15 is 0 Å². The Labute approximate surface area is 291 Å². The van der Waals surface area contributed by atoms with Crippen LogP contribution in [0.5, 0.6) is 0 Å². The molecule has 0 fully saturated rings. The van der Waals surface area contributed by atoms with Gasteiger partial charge in [-0.3, -0.25) is 0 Å². The summed E-state index contributed by atoms with van der Waals surface area (Å²) in [6.07, 6.45) is 5.93. The van der Waals surface area contributed by atoms with Crippen molar-refractivity contribution in [2.24, 2.45) is 0 Å². The van der Waals surface area contributed by atoms with Crippen molar-refractivity contribution in [1.82, 2.24) is 0 Å². The molecule has 236 valence electrons. The summed E-state index contributed by atoms with van der Waals surface area (Å²) in [6, 6.07) is 51.1. The first-order valence-electron chi connectivity index (χ1n) is 17.4. The zero-order valence-corrected chi connectivity index (χ0v) is 28.1. The standard InChI is InChI=1S/C49H34O/c1-4-5-15-30-16-14-17-31(28-30)43-33-18-6-8-20-35(33)44(36-21-9-7-19-34(36)43)32-26-27-39-41(29-32)49(2,3)47-38-23-11-10-22-37(38)45-40-24-12-13-25-42(40)50-48(45)46(39)47/h4-29H,1H2,2-3H3/b15-5-. The van der Waals surface area contributed by atoms with Crippen molar-refractivity contribution in [3.63, 3.8) is 0 Å². The minimum absolute atomic E-state index is 0.238. The predicted octanol–water partition coefficient (Wildman–Crippen LogP) is 13.9. The highest BCUT2D eigenvalue weighted by atomic mass is 16.3.